The number of amides is 1. The molecule has 5 rings (SSSR count). The molecule has 1 amide bonds. The lowest BCUT2D eigenvalue weighted by Crippen LogP contribution is -2.59. The highest BCUT2D eigenvalue weighted by molar-refractivity contribution is 7.70. The third kappa shape index (κ3) is 6.69. The van der Waals surface area contributed by atoms with E-state index < -0.39 is 102 Å². The first-order valence-electron chi connectivity index (χ1n) is 14.2. The fourth-order valence-electron chi connectivity index (χ4n) is 5.91. The first-order chi connectivity index (χ1) is 21.8. The molecule has 2 aliphatic rings. The smallest absolute Gasteiger partial charge is 0.415 e. The standard InChI is InChI=1S/C28H30F3N3O11P2/c1-13-10-32(25-22(30)21(29)20-24(23(25)31)33(16-5-6-16)12-18(26(20)35)27(36)37)11-14(2)34(13)28(38)45-17-7-3-15(4-8-17)9-19(46(39,40)41)47(42,43)44/h3-4,7-8,12-14,16,19H,5-6,9-11H2,1-2H3,(H,36,37)(H2,39,40,41)(H2,42,43,44)/t13-,14+. The molecule has 0 radical (unpaired) electrons. The Morgan fingerprint density at radius 2 is 1.49 bits per heavy atom. The van der Waals surface area contributed by atoms with Crippen LogP contribution in [0.1, 0.15) is 48.7 Å². The molecule has 3 aromatic rings. The largest absolute Gasteiger partial charge is 0.477 e. The van der Waals surface area contributed by atoms with Gasteiger partial charge in [0.2, 0.25) is 5.43 Å². The number of ether oxygens (including phenoxy) is 1. The summed E-state index contributed by atoms with van der Waals surface area (Å²) in [7, 11) is -10.3. The van der Waals surface area contributed by atoms with Crippen LogP contribution in [-0.4, -0.2) is 76.8 Å². The molecule has 1 aromatic heterocycles. The van der Waals surface area contributed by atoms with Gasteiger partial charge < -0.3 is 38.9 Å². The van der Waals surface area contributed by atoms with Crippen molar-refractivity contribution in [2.75, 3.05) is 18.0 Å². The molecule has 1 saturated carbocycles. The number of benzene rings is 2. The summed E-state index contributed by atoms with van der Waals surface area (Å²) in [5.74, 6) is -6.28. The van der Waals surface area contributed by atoms with Crippen LogP contribution in [0, 0.1) is 17.5 Å². The Bertz CT molecular complexity index is 1890. The number of fused-ring (bicyclic) bond motifs is 1. The summed E-state index contributed by atoms with van der Waals surface area (Å²) >= 11 is 0. The molecule has 0 unspecified atom stereocenters. The van der Waals surface area contributed by atoms with Crippen LogP contribution in [0.25, 0.3) is 10.9 Å². The van der Waals surface area contributed by atoms with Crippen molar-refractivity contribution in [1.82, 2.24) is 9.47 Å². The van der Waals surface area contributed by atoms with Gasteiger partial charge in [0, 0.05) is 25.3 Å². The number of carboxylic acids is 1. The van der Waals surface area contributed by atoms with Gasteiger partial charge in [-0.25, -0.2) is 22.8 Å². The second-order valence-electron chi connectivity index (χ2n) is 11.7. The van der Waals surface area contributed by atoms with Crippen molar-refractivity contribution in [2.45, 2.75) is 56.6 Å². The average molecular weight is 704 g/mol. The zero-order valence-corrected chi connectivity index (χ0v) is 26.6. The highest BCUT2D eigenvalue weighted by Crippen LogP contribution is 2.61. The Balaban J connectivity index is 1.38. The summed E-state index contributed by atoms with van der Waals surface area (Å²) in [6, 6.07) is 3.14. The van der Waals surface area contributed by atoms with E-state index in [1.54, 1.807) is 13.8 Å². The molecule has 1 aliphatic heterocycles. The lowest BCUT2D eigenvalue weighted by molar-refractivity contribution is 0.0694. The molecule has 2 heterocycles. The van der Waals surface area contributed by atoms with Crippen molar-refractivity contribution >= 4 is 43.8 Å². The molecule has 5 N–H and O–H groups in total. The number of halogens is 3. The fourth-order valence-corrected chi connectivity index (χ4v) is 8.38. The maximum absolute atomic E-state index is 16.1. The molecule has 254 valence electrons. The minimum atomic E-state index is -5.15. The number of pyridine rings is 1. The number of aromatic nitrogens is 1. The monoisotopic (exact) mass is 703 g/mol. The van der Waals surface area contributed by atoms with Crippen LogP contribution in [0.15, 0.2) is 35.3 Å². The summed E-state index contributed by atoms with van der Waals surface area (Å²) in [4.78, 5) is 77.4. The number of piperazine rings is 1. The third-order valence-corrected chi connectivity index (χ3v) is 11.9. The summed E-state index contributed by atoms with van der Waals surface area (Å²) in [6.45, 7) is 2.74. The van der Waals surface area contributed by atoms with Crippen LogP contribution in [0.2, 0.25) is 0 Å². The van der Waals surface area contributed by atoms with E-state index in [4.69, 9.17) is 4.74 Å². The van der Waals surface area contributed by atoms with Gasteiger partial charge in [0.1, 0.15) is 17.0 Å². The maximum Gasteiger partial charge on any atom is 0.415 e. The van der Waals surface area contributed by atoms with E-state index in [0.29, 0.717) is 12.8 Å². The van der Waals surface area contributed by atoms with Gasteiger partial charge >= 0.3 is 27.3 Å². The molecule has 47 heavy (non-hydrogen) atoms. The molecule has 2 atom stereocenters. The molecule has 14 nitrogen and oxygen atoms in total. The molecule has 1 aliphatic carbocycles. The predicted molar refractivity (Wildman–Crippen MR) is 160 cm³/mol. The first kappa shape index (κ1) is 34.6. The van der Waals surface area contributed by atoms with Gasteiger partial charge in [0.25, 0.3) is 0 Å². The van der Waals surface area contributed by atoms with E-state index in [-0.39, 0.29) is 24.4 Å². The second kappa shape index (κ2) is 12.4. The van der Waals surface area contributed by atoms with Gasteiger partial charge in [-0.2, -0.15) is 0 Å². The second-order valence-corrected chi connectivity index (χ2v) is 15.7. The van der Waals surface area contributed by atoms with Crippen molar-refractivity contribution in [3.05, 3.63) is 69.3 Å². The number of hydrogen-bond acceptors (Lipinski definition) is 7. The van der Waals surface area contributed by atoms with Gasteiger partial charge in [0.05, 0.1) is 23.0 Å². The molecule has 0 spiro atoms. The van der Waals surface area contributed by atoms with E-state index in [9.17, 15) is 48.2 Å². The van der Waals surface area contributed by atoms with Crippen LogP contribution >= 0.6 is 15.2 Å². The van der Waals surface area contributed by atoms with E-state index in [1.807, 2.05) is 0 Å². The molecule has 2 aromatic carbocycles. The van der Waals surface area contributed by atoms with E-state index in [0.717, 1.165) is 10.8 Å². The summed E-state index contributed by atoms with van der Waals surface area (Å²) in [5.41, 5.74) is -3.33. The van der Waals surface area contributed by atoms with Crippen molar-refractivity contribution in [2.24, 2.45) is 0 Å². The zero-order chi connectivity index (χ0) is 34.7. The number of anilines is 1. The van der Waals surface area contributed by atoms with Gasteiger partial charge in [0.15, 0.2) is 22.9 Å². The summed E-state index contributed by atoms with van der Waals surface area (Å²) in [5, 5.41) is 6.18. The molecule has 0 bridgehead atoms. The highest BCUT2D eigenvalue weighted by atomic mass is 31.2. The lowest BCUT2D eigenvalue weighted by atomic mass is 10.0. The normalized spacial score (nSPS) is 19.0. The van der Waals surface area contributed by atoms with E-state index in [1.165, 1.54) is 34.1 Å². The number of rotatable bonds is 8. The number of carboxylic acid groups (broad SMARTS) is 1. The molecule has 19 heteroatoms. The van der Waals surface area contributed by atoms with Crippen LogP contribution in [0.4, 0.5) is 23.7 Å². The highest BCUT2D eigenvalue weighted by Gasteiger charge is 2.43. The average Bonchev–Trinajstić information content (AvgIpc) is 3.79. The van der Waals surface area contributed by atoms with Gasteiger partial charge in [-0.05, 0) is 50.8 Å². The first-order valence-corrected chi connectivity index (χ1v) is 17.6. The van der Waals surface area contributed by atoms with Crippen LogP contribution in [0.5, 0.6) is 5.75 Å². The number of aromatic carboxylic acids is 1. The minimum Gasteiger partial charge on any atom is -0.477 e. The number of carbonyl (C=O) groups excluding carboxylic acids is 1. The Morgan fingerprint density at radius 1 is 0.936 bits per heavy atom. The summed E-state index contributed by atoms with van der Waals surface area (Å²) < 4.78 is 76.9. The third-order valence-electron chi connectivity index (χ3n) is 8.21. The predicted octanol–water partition coefficient (Wildman–Crippen LogP) is 3.77. The Kier molecular flexibility index (Phi) is 9.12. The van der Waals surface area contributed by atoms with Gasteiger partial charge in [-0.15, -0.1) is 0 Å². The maximum atomic E-state index is 16.1. The lowest BCUT2D eigenvalue weighted by Gasteiger charge is -2.44. The Hall–Kier alpha value is -3.72. The van der Waals surface area contributed by atoms with Crippen molar-refractivity contribution in [3.8, 4) is 5.75 Å². The van der Waals surface area contributed by atoms with E-state index >= 15 is 13.2 Å². The quantitative estimate of drug-likeness (QED) is 0.168. The number of nitrogens with zero attached hydrogens (tertiary/aromatic N) is 3. The fraction of sp³-hybridized carbons (Fsp3) is 0.393. The van der Waals surface area contributed by atoms with Crippen molar-refractivity contribution < 1.29 is 61.3 Å². The molecule has 1 saturated heterocycles. The molecular formula is C28H30F3N3O11P2. The van der Waals surface area contributed by atoms with Crippen LogP contribution in [0.3, 0.4) is 0 Å². The zero-order valence-electron chi connectivity index (χ0n) is 24.8. The van der Waals surface area contributed by atoms with Crippen molar-refractivity contribution in [3.63, 3.8) is 0 Å². The SMILES string of the molecule is C[C@@H]1CN(c2c(F)c(F)c3c(=O)c(C(=O)O)cn(C4CC4)c3c2F)C[C@H](C)N1C(=O)Oc1ccc(CC(P(=O)(O)O)P(=O)(O)O)cc1. The molecular weight excluding hydrogens is 673 g/mol. The van der Waals surface area contributed by atoms with Crippen LogP contribution in [-0.2, 0) is 15.6 Å². The number of carbonyl (C=O) groups is 2. The van der Waals surface area contributed by atoms with E-state index in [2.05, 4.69) is 0 Å². The Morgan fingerprint density at radius 3 is 1.98 bits per heavy atom. The summed E-state index contributed by atoms with van der Waals surface area (Å²) in [6.07, 6.45) is 0.454. The minimum absolute atomic E-state index is 0.0167. The van der Waals surface area contributed by atoms with Crippen molar-refractivity contribution in [1.29, 1.82) is 0 Å². The van der Waals surface area contributed by atoms with Gasteiger partial charge in [-0.3, -0.25) is 18.8 Å². The molecule has 2 fully saturated rings. The topological polar surface area (TPSA) is 207 Å². The Labute approximate surface area is 264 Å². The van der Waals surface area contributed by atoms with Gasteiger partial charge in [-0.1, -0.05) is 12.1 Å². The van der Waals surface area contributed by atoms with Crippen LogP contribution < -0.4 is 15.1 Å². The number of hydrogen-bond donors (Lipinski definition) is 5.